The van der Waals surface area contributed by atoms with E-state index < -0.39 is 0 Å². The zero-order valence-corrected chi connectivity index (χ0v) is 68.6. The third kappa shape index (κ3) is 12.9. The minimum Gasteiger partial charge on any atom is -0.274 e. The molecule has 0 N–H and O–H groups in total. The van der Waals surface area contributed by atoms with Gasteiger partial charge in [0, 0.05) is 59.7 Å². The lowest BCUT2D eigenvalue weighted by Crippen LogP contribution is -1.95. The molecule has 0 aliphatic carbocycles. The lowest BCUT2D eigenvalue weighted by atomic mass is 9.95. The predicted molar refractivity (Wildman–Crippen MR) is 506 cm³/mol. The van der Waals surface area contributed by atoms with E-state index in [2.05, 4.69) is 494 Å². The van der Waals surface area contributed by atoms with Crippen LogP contribution >= 0.6 is 67.8 Å². The zero-order chi connectivity index (χ0) is 77.3. The highest BCUT2D eigenvalue weighted by Gasteiger charge is 2.22. The number of fused-ring (bicyclic) bond motifs is 20. The van der Waals surface area contributed by atoms with Gasteiger partial charge in [-0.2, -0.15) is 0 Å². The maximum Gasteiger partial charge on any atom is 0.169 e. The minimum absolute atomic E-state index is 0.856. The molecular weight excluding hydrogens is 1760 g/mol. The number of nitrogens with zero attached hydrogens (tertiary/aromatic N) is 9. The van der Waals surface area contributed by atoms with E-state index in [9.17, 15) is 0 Å². The summed E-state index contributed by atoms with van der Waals surface area (Å²) in [5, 5.41) is 43.3. The van der Waals surface area contributed by atoms with Gasteiger partial charge in [-0.15, -0.1) is 30.6 Å². The molecule has 0 aliphatic rings. The minimum atomic E-state index is 0.856. The number of rotatable bonds is 9. The molecule has 0 saturated heterocycles. The summed E-state index contributed by atoms with van der Waals surface area (Å²) in [5.74, 6) is 2.57. The summed E-state index contributed by atoms with van der Waals surface area (Å²) in [6, 6.07) is 138. The molecule has 23 rings (SSSR count). The number of aromatic nitrogens is 9. The van der Waals surface area contributed by atoms with Crippen LogP contribution in [0.25, 0.3) is 204 Å². The Morgan fingerprint density at radius 2 is 0.440 bits per heavy atom. The average molecular weight is 1820 g/mol. The van der Waals surface area contributed by atoms with Crippen molar-refractivity contribution in [1.29, 1.82) is 0 Å². The van der Waals surface area contributed by atoms with Crippen molar-refractivity contribution in [2.75, 3.05) is 0 Å². The first kappa shape index (κ1) is 70.7. The largest absolute Gasteiger partial charge is 0.274 e. The second-order valence-corrected chi connectivity index (χ2v) is 32.8. The number of halogens is 3. The molecule has 0 fully saturated rings. The summed E-state index contributed by atoms with van der Waals surface area (Å²) in [6.45, 7) is 0. The van der Waals surface area contributed by atoms with E-state index in [0.717, 1.165) is 83.8 Å². The van der Waals surface area contributed by atoms with Gasteiger partial charge in [-0.3, -0.25) is 13.2 Å². The molecule has 17 aromatic carbocycles. The fraction of sp³-hybridized carbons (Fsp3) is 0. The molecule has 12 heteroatoms. The molecule has 23 aromatic rings. The highest BCUT2D eigenvalue weighted by atomic mass is 127. The van der Waals surface area contributed by atoms with Crippen LogP contribution in [0.15, 0.2) is 388 Å². The van der Waals surface area contributed by atoms with Crippen molar-refractivity contribution >= 4 is 171 Å². The van der Waals surface area contributed by atoms with Crippen molar-refractivity contribution in [3.05, 3.63) is 399 Å². The quantitative estimate of drug-likeness (QED) is 0.106. The Balaban J connectivity index is 0.000000109. The van der Waals surface area contributed by atoms with Crippen LogP contribution in [0.1, 0.15) is 0 Å². The topological polar surface area (TPSA) is 90.6 Å². The van der Waals surface area contributed by atoms with E-state index >= 15 is 0 Å². The van der Waals surface area contributed by atoms with Crippen molar-refractivity contribution in [3.63, 3.8) is 0 Å². The summed E-state index contributed by atoms with van der Waals surface area (Å²) in [4.78, 5) is 0. The van der Waals surface area contributed by atoms with Gasteiger partial charge >= 0.3 is 0 Å². The van der Waals surface area contributed by atoms with Gasteiger partial charge < -0.3 is 0 Å². The monoisotopic (exact) mass is 1820 g/mol. The van der Waals surface area contributed by atoms with Crippen LogP contribution < -0.4 is 0 Å². The molecule has 6 aromatic heterocycles. The standard InChI is InChI=1S/2C36H22IN3.C32H20IN3/c37-28-19-16-26(17-20-28)35-38-39-36-32-10-4-3-9-31(32)33-22-27(18-21-34(33)40(35)36)23-12-14-25(15-13-23)30-11-5-7-24-6-1-2-8-29(24)30;37-30-18-15-26(16-19-30)35-38-39-36-32-8-4-3-7-31(32)33-22-29(17-20-34(33)40(35)36)25-11-9-24(10-12-25)28-14-13-23-5-1-2-6-27(23)21-28;33-26-17-14-24(15-18-26)31-34-35-32-28-9-5-4-8-27(28)29-20-25(16-19-30(29)36(31)32)23-12-10-22(11-13-23)21-6-2-1-3-7-21/h2*1-22H;1-20H. The van der Waals surface area contributed by atoms with E-state index in [1.807, 2.05) is 6.07 Å². The summed E-state index contributed by atoms with van der Waals surface area (Å²) in [6.07, 6.45) is 0. The highest BCUT2D eigenvalue weighted by molar-refractivity contribution is 14.1. The Labute approximate surface area is 708 Å². The number of hydrogen-bond donors (Lipinski definition) is 0. The van der Waals surface area contributed by atoms with Gasteiger partial charge in [0.25, 0.3) is 0 Å². The van der Waals surface area contributed by atoms with Crippen molar-refractivity contribution in [1.82, 2.24) is 43.8 Å². The molecule has 0 radical (unpaired) electrons. The molecule has 546 valence electrons. The molecule has 116 heavy (non-hydrogen) atoms. The maximum atomic E-state index is 4.65. The first-order chi connectivity index (χ1) is 57.2. The van der Waals surface area contributed by atoms with Gasteiger partial charge in [0.2, 0.25) is 0 Å². The zero-order valence-electron chi connectivity index (χ0n) is 62.1. The Morgan fingerprint density at radius 3 is 0.836 bits per heavy atom. The summed E-state index contributed by atoms with van der Waals surface area (Å²) >= 11 is 7.00. The second-order valence-electron chi connectivity index (χ2n) is 29.1. The molecule has 0 atom stereocenters. The van der Waals surface area contributed by atoms with Crippen LogP contribution in [0.3, 0.4) is 0 Å². The summed E-state index contributed by atoms with van der Waals surface area (Å²) in [7, 11) is 0. The third-order valence-corrected chi connectivity index (χ3v) is 24.5. The van der Waals surface area contributed by atoms with Crippen molar-refractivity contribution in [2.45, 2.75) is 0 Å². The van der Waals surface area contributed by atoms with Crippen LogP contribution in [0.2, 0.25) is 0 Å². The maximum absolute atomic E-state index is 4.65. The number of pyridine rings is 3. The normalized spacial score (nSPS) is 11.6. The summed E-state index contributed by atoms with van der Waals surface area (Å²) in [5.41, 5.74) is 23.6. The molecule has 0 amide bonds. The summed E-state index contributed by atoms with van der Waals surface area (Å²) < 4.78 is 10.2. The van der Waals surface area contributed by atoms with Gasteiger partial charge in [-0.25, -0.2) is 0 Å². The first-order valence-corrected chi connectivity index (χ1v) is 41.7. The van der Waals surface area contributed by atoms with Crippen molar-refractivity contribution in [2.24, 2.45) is 0 Å². The first-order valence-electron chi connectivity index (χ1n) is 38.4. The Kier molecular flexibility index (Phi) is 18.3. The fourth-order valence-electron chi connectivity index (χ4n) is 16.6. The van der Waals surface area contributed by atoms with E-state index in [-0.39, 0.29) is 0 Å². The van der Waals surface area contributed by atoms with E-state index in [1.165, 1.54) is 131 Å². The van der Waals surface area contributed by atoms with Gasteiger partial charge in [0.05, 0.1) is 16.6 Å². The van der Waals surface area contributed by atoms with E-state index in [0.29, 0.717) is 0 Å². The van der Waals surface area contributed by atoms with Crippen LogP contribution in [0, 0.1) is 10.7 Å². The Bertz CT molecular complexity index is 7750. The Hall–Kier alpha value is -13.1. The highest BCUT2D eigenvalue weighted by Crippen LogP contribution is 2.41. The molecule has 0 spiro atoms. The molecule has 9 nitrogen and oxygen atoms in total. The predicted octanol–water partition coefficient (Wildman–Crippen LogP) is 28.2. The third-order valence-electron chi connectivity index (χ3n) is 22.3. The van der Waals surface area contributed by atoms with Crippen LogP contribution in [-0.2, 0) is 0 Å². The van der Waals surface area contributed by atoms with Gasteiger partial charge in [-0.05, 0) is 251 Å². The van der Waals surface area contributed by atoms with Gasteiger partial charge in [-0.1, -0.05) is 309 Å². The van der Waals surface area contributed by atoms with Gasteiger partial charge in [0.15, 0.2) is 34.4 Å². The molecule has 0 aliphatic heterocycles. The molecule has 6 heterocycles. The van der Waals surface area contributed by atoms with Crippen molar-refractivity contribution in [3.8, 4) is 101 Å². The van der Waals surface area contributed by atoms with E-state index in [1.54, 1.807) is 0 Å². The van der Waals surface area contributed by atoms with Gasteiger partial charge in [0.1, 0.15) is 0 Å². The number of benzene rings is 17. The molecule has 0 saturated carbocycles. The molecule has 0 unspecified atom stereocenters. The smallest absolute Gasteiger partial charge is 0.169 e. The lowest BCUT2D eigenvalue weighted by Gasteiger charge is -2.12. The van der Waals surface area contributed by atoms with Crippen LogP contribution in [0.5, 0.6) is 0 Å². The van der Waals surface area contributed by atoms with Crippen molar-refractivity contribution < 1.29 is 0 Å². The van der Waals surface area contributed by atoms with Crippen LogP contribution in [-0.4, -0.2) is 43.8 Å². The average Bonchev–Trinajstić information content (AvgIpc) is 1.51. The Morgan fingerprint density at radius 1 is 0.164 bits per heavy atom. The second kappa shape index (κ2) is 30.0. The SMILES string of the molecule is Ic1ccc(-c2nnc3c4ccccc4c4cc(-c5ccc(-c6ccc7ccccc7c6)cc5)ccc4n23)cc1.Ic1ccc(-c2nnc3c4ccccc4c4cc(-c5ccc(-c6cccc7ccccc67)cc5)ccc4n23)cc1.Ic1ccc(-c2nnc3c4ccccc4c4cc(-c5ccc(-c6ccccc6)cc5)ccc4n23)cc1. The number of hydrogen-bond acceptors (Lipinski definition) is 6. The van der Waals surface area contributed by atoms with Crippen LogP contribution in [0.4, 0.5) is 0 Å². The molecular formula is C104H64I3N9. The molecule has 0 bridgehead atoms. The van der Waals surface area contributed by atoms with E-state index in [4.69, 9.17) is 0 Å². The lowest BCUT2D eigenvalue weighted by molar-refractivity contribution is 1.12. The fourth-order valence-corrected chi connectivity index (χ4v) is 17.6.